The quantitative estimate of drug-likeness (QED) is 0.351. The number of alkyl halides is 2. The number of hydrogen-bond acceptors (Lipinski definition) is 2. The van der Waals surface area contributed by atoms with Crippen molar-refractivity contribution >= 4 is 50.4 Å². The molecule has 0 fully saturated rings. The maximum atomic E-state index is 12.5. The van der Waals surface area contributed by atoms with E-state index < -0.39 is 31.7 Å². The molecule has 0 atom stereocenters. The van der Waals surface area contributed by atoms with Crippen LogP contribution in [0.5, 0.6) is 0 Å². The molecule has 9 heteroatoms. The molecule has 0 aromatic heterocycles. The molecule has 0 aromatic rings. The molecule has 0 aromatic carbocycles. The summed E-state index contributed by atoms with van der Waals surface area (Å²) in [5, 5.41) is -0.202. The van der Waals surface area contributed by atoms with Gasteiger partial charge in [-0.05, 0) is 0 Å². The van der Waals surface area contributed by atoms with Crippen LogP contribution in [0.1, 0.15) is 0 Å². The van der Waals surface area contributed by atoms with Crippen LogP contribution in [0.2, 0.25) is 0 Å². The number of hydrogen-bond donors (Lipinski definition) is 0. The fourth-order valence-corrected chi connectivity index (χ4v) is 4.57. The SMILES string of the molecule is F[Te](F)(F)(F)(OCCBr)OCCBr. The van der Waals surface area contributed by atoms with Gasteiger partial charge in [-0.2, -0.15) is 0 Å². The fraction of sp³-hybridized carbons (Fsp3) is 1.00. The molecule has 2 nitrogen and oxygen atoms in total. The summed E-state index contributed by atoms with van der Waals surface area (Å²) in [6.45, 7) is -1.57. The van der Waals surface area contributed by atoms with Crippen molar-refractivity contribution < 1.29 is 17.8 Å². The molecular formula is C4H8Br2F4O2Te. The summed E-state index contributed by atoms with van der Waals surface area (Å²) in [4.78, 5) is 0. The van der Waals surface area contributed by atoms with Gasteiger partial charge in [-0.25, -0.2) is 0 Å². The van der Waals surface area contributed by atoms with Crippen molar-refractivity contribution in [2.24, 2.45) is 0 Å². The van der Waals surface area contributed by atoms with E-state index in [1.165, 1.54) is 0 Å². The Bertz CT molecular complexity index is 167. The van der Waals surface area contributed by atoms with Gasteiger partial charge in [0.2, 0.25) is 0 Å². The first-order valence-corrected chi connectivity index (χ1v) is 10.7. The molecule has 0 aliphatic rings. The van der Waals surface area contributed by atoms with Crippen LogP contribution in [-0.2, 0) is 6.20 Å². The van der Waals surface area contributed by atoms with Crippen LogP contribution >= 0.6 is 31.9 Å². The van der Waals surface area contributed by atoms with Crippen molar-refractivity contribution in [1.82, 2.24) is 0 Å². The van der Waals surface area contributed by atoms with E-state index in [0.29, 0.717) is 0 Å². The Labute approximate surface area is 91.5 Å². The molecule has 0 heterocycles. The molecule has 0 N–H and O–H groups in total. The second-order valence-corrected chi connectivity index (χ2v) is 10.1. The van der Waals surface area contributed by atoms with Crippen molar-refractivity contribution in [3.8, 4) is 0 Å². The van der Waals surface area contributed by atoms with E-state index in [9.17, 15) is 11.6 Å². The van der Waals surface area contributed by atoms with Crippen LogP contribution in [0.3, 0.4) is 0 Å². The van der Waals surface area contributed by atoms with Gasteiger partial charge in [-0.1, -0.05) is 0 Å². The third kappa shape index (κ3) is 7.33. The van der Waals surface area contributed by atoms with Gasteiger partial charge in [0.1, 0.15) is 0 Å². The molecule has 0 aliphatic heterocycles. The first-order valence-electron chi connectivity index (χ1n) is 3.06. The van der Waals surface area contributed by atoms with Gasteiger partial charge in [-0.15, -0.1) is 0 Å². The molecule has 0 amide bonds. The topological polar surface area (TPSA) is 18.5 Å². The van der Waals surface area contributed by atoms with Gasteiger partial charge in [0.25, 0.3) is 0 Å². The summed E-state index contributed by atoms with van der Waals surface area (Å²) in [5.74, 6) is 0. The van der Waals surface area contributed by atoms with Crippen molar-refractivity contribution in [2.45, 2.75) is 0 Å². The minimum absolute atomic E-state index is 0.101. The van der Waals surface area contributed by atoms with E-state index in [1.54, 1.807) is 0 Å². The summed E-state index contributed by atoms with van der Waals surface area (Å²) in [6, 6.07) is 0. The Kier molecular flexibility index (Phi) is 4.54. The first kappa shape index (κ1) is 14.4. The summed E-state index contributed by atoms with van der Waals surface area (Å²) in [7, 11) is 0. The van der Waals surface area contributed by atoms with Gasteiger partial charge in [-0.3, -0.25) is 0 Å². The third-order valence-corrected chi connectivity index (χ3v) is 4.96. The van der Waals surface area contributed by atoms with E-state index in [4.69, 9.17) is 0 Å². The molecule has 0 rings (SSSR count). The van der Waals surface area contributed by atoms with Crippen molar-refractivity contribution in [3.63, 3.8) is 0 Å². The minimum atomic E-state index is -9.53. The van der Waals surface area contributed by atoms with Crippen molar-refractivity contribution in [2.75, 3.05) is 23.9 Å². The van der Waals surface area contributed by atoms with Crippen LogP contribution in [-0.4, -0.2) is 42.4 Å². The molecule has 0 saturated carbocycles. The molecule has 0 spiro atoms. The molecule has 0 bridgehead atoms. The maximum absolute atomic E-state index is 12.5. The summed E-state index contributed by atoms with van der Waals surface area (Å²) < 4.78 is 56.7. The number of halogens is 6. The summed E-state index contributed by atoms with van der Waals surface area (Å²) >= 11 is -4.15. The van der Waals surface area contributed by atoms with E-state index in [2.05, 4.69) is 38.1 Å². The Balaban J connectivity index is 4.38. The second-order valence-electron chi connectivity index (χ2n) is 1.94. The Morgan fingerprint density at radius 1 is 0.846 bits per heavy atom. The zero-order chi connectivity index (χ0) is 10.7. The Morgan fingerprint density at radius 2 is 1.15 bits per heavy atom. The van der Waals surface area contributed by atoms with Gasteiger partial charge in [0.05, 0.1) is 0 Å². The van der Waals surface area contributed by atoms with Gasteiger partial charge in [0.15, 0.2) is 0 Å². The second kappa shape index (κ2) is 4.10. The summed E-state index contributed by atoms with van der Waals surface area (Å²) in [5.41, 5.74) is 0. The van der Waals surface area contributed by atoms with Crippen molar-refractivity contribution in [1.29, 1.82) is 0 Å². The molecular weight excluding hydrogens is 443 g/mol. The molecule has 0 unspecified atom stereocenters. The molecule has 13 heavy (non-hydrogen) atoms. The van der Waals surface area contributed by atoms with E-state index in [0.717, 1.165) is 0 Å². The zero-order valence-corrected chi connectivity index (χ0v) is 11.8. The van der Waals surface area contributed by atoms with Gasteiger partial charge in [0, 0.05) is 0 Å². The zero-order valence-electron chi connectivity index (χ0n) is 6.32. The average molecular weight is 452 g/mol. The summed E-state index contributed by atoms with van der Waals surface area (Å²) in [6.07, 6.45) is 0. The van der Waals surface area contributed by atoms with E-state index in [-0.39, 0.29) is 10.7 Å². The average Bonchev–Trinajstić information content (AvgIpc) is 1.97. The molecule has 84 valence electrons. The molecule has 0 radical (unpaired) electrons. The van der Waals surface area contributed by atoms with Crippen molar-refractivity contribution in [3.05, 3.63) is 0 Å². The van der Waals surface area contributed by atoms with Crippen LogP contribution in [0, 0.1) is 0 Å². The standard InChI is InChI=1S/C4H8Br2F4O2Te/c5-1-3-11-13(7,8,9,10)12-4-2-6/h1-4H2. The number of rotatable bonds is 6. The first-order chi connectivity index (χ1) is 5.62. The van der Waals surface area contributed by atoms with Crippen LogP contribution in [0.15, 0.2) is 0 Å². The van der Waals surface area contributed by atoms with Crippen LogP contribution in [0.4, 0.5) is 11.6 Å². The van der Waals surface area contributed by atoms with Crippen LogP contribution < -0.4 is 0 Å². The fourth-order valence-electron chi connectivity index (χ4n) is 0.417. The third-order valence-electron chi connectivity index (χ3n) is 0.774. The van der Waals surface area contributed by atoms with Gasteiger partial charge < -0.3 is 0 Å². The van der Waals surface area contributed by atoms with E-state index in [1.807, 2.05) is 0 Å². The normalized spacial score (nSPS) is 18.0. The molecule has 0 saturated heterocycles. The predicted molar refractivity (Wildman–Crippen MR) is 49.7 cm³/mol. The monoisotopic (exact) mass is 452 g/mol. The van der Waals surface area contributed by atoms with E-state index >= 15 is 0 Å². The predicted octanol–water partition coefficient (Wildman–Crippen LogP) is 3.02. The molecule has 0 aliphatic carbocycles. The Hall–Kier alpha value is 1.39. The van der Waals surface area contributed by atoms with Gasteiger partial charge >= 0.3 is 92.0 Å². The van der Waals surface area contributed by atoms with Crippen LogP contribution in [0.25, 0.3) is 0 Å². The Morgan fingerprint density at radius 3 is 1.38 bits per heavy atom.